The van der Waals surface area contributed by atoms with E-state index < -0.39 is 0 Å². The Kier molecular flexibility index (Phi) is 4.56. The van der Waals surface area contributed by atoms with Crippen molar-refractivity contribution in [3.63, 3.8) is 0 Å². The molecule has 0 atom stereocenters. The molecule has 0 radical (unpaired) electrons. The number of ether oxygens (including phenoxy) is 1. The molecule has 8 nitrogen and oxygen atoms in total. The van der Waals surface area contributed by atoms with E-state index in [2.05, 4.69) is 19.9 Å². The topological polar surface area (TPSA) is 100 Å². The van der Waals surface area contributed by atoms with Gasteiger partial charge in [0.2, 0.25) is 0 Å². The lowest BCUT2D eigenvalue weighted by Crippen LogP contribution is -2.58. The van der Waals surface area contributed by atoms with Gasteiger partial charge in [-0.2, -0.15) is 0 Å². The SMILES string of the molecule is NSc1ccc(OCC(=O)N2CCN(c3ncnc4[nH]ccc34)CC23CC3)cc1. The van der Waals surface area contributed by atoms with E-state index in [1.807, 2.05) is 41.4 Å². The third-order valence-electron chi connectivity index (χ3n) is 5.73. The summed E-state index contributed by atoms with van der Waals surface area (Å²) in [6.45, 7) is 2.25. The first-order chi connectivity index (χ1) is 14.2. The van der Waals surface area contributed by atoms with Crippen LogP contribution in [0, 0.1) is 0 Å². The van der Waals surface area contributed by atoms with Crippen LogP contribution in [0.4, 0.5) is 5.82 Å². The van der Waals surface area contributed by atoms with Crippen molar-refractivity contribution in [3.05, 3.63) is 42.9 Å². The van der Waals surface area contributed by atoms with E-state index >= 15 is 0 Å². The first-order valence-electron chi connectivity index (χ1n) is 9.62. The maximum absolute atomic E-state index is 12.9. The fourth-order valence-electron chi connectivity index (χ4n) is 4.07. The number of amides is 1. The second-order valence-corrected chi connectivity index (χ2v) is 8.21. The number of nitrogens with zero attached hydrogens (tertiary/aromatic N) is 4. The van der Waals surface area contributed by atoms with Gasteiger partial charge in [0.1, 0.15) is 23.5 Å². The van der Waals surface area contributed by atoms with Crippen LogP contribution >= 0.6 is 11.9 Å². The van der Waals surface area contributed by atoms with Crippen molar-refractivity contribution < 1.29 is 9.53 Å². The number of nitrogens with two attached hydrogens (primary N) is 1. The summed E-state index contributed by atoms with van der Waals surface area (Å²) in [5, 5.41) is 6.55. The highest BCUT2D eigenvalue weighted by molar-refractivity contribution is 7.97. The summed E-state index contributed by atoms with van der Waals surface area (Å²) < 4.78 is 5.72. The molecular formula is C20H22N6O2S. The number of anilines is 1. The monoisotopic (exact) mass is 410 g/mol. The molecule has 3 N–H and O–H groups in total. The zero-order valence-electron chi connectivity index (χ0n) is 15.9. The molecule has 29 heavy (non-hydrogen) atoms. The molecule has 1 aliphatic carbocycles. The van der Waals surface area contributed by atoms with Crippen LogP contribution in [0.1, 0.15) is 12.8 Å². The van der Waals surface area contributed by atoms with Crippen LogP contribution in [0.2, 0.25) is 0 Å². The number of hydrogen-bond donors (Lipinski definition) is 2. The van der Waals surface area contributed by atoms with E-state index in [0.29, 0.717) is 12.3 Å². The number of aromatic nitrogens is 3. The summed E-state index contributed by atoms with van der Waals surface area (Å²) in [5.74, 6) is 1.65. The van der Waals surface area contributed by atoms with E-state index in [4.69, 9.17) is 9.88 Å². The molecule has 2 aromatic heterocycles. The van der Waals surface area contributed by atoms with E-state index in [9.17, 15) is 4.79 Å². The Bertz CT molecular complexity index is 1030. The summed E-state index contributed by atoms with van der Waals surface area (Å²) >= 11 is 1.19. The first-order valence-corrected chi connectivity index (χ1v) is 10.5. The van der Waals surface area contributed by atoms with E-state index in [-0.39, 0.29) is 18.1 Å². The molecule has 3 heterocycles. The van der Waals surface area contributed by atoms with Gasteiger partial charge in [-0.05, 0) is 55.1 Å². The average molecular weight is 411 g/mol. The van der Waals surface area contributed by atoms with Crippen molar-refractivity contribution in [2.24, 2.45) is 5.14 Å². The molecule has 1 saturated carbocycles. The molecule has 1 amide bonds. The summed E-state index contributed by atoms with van der Waals surface area (Å²) in [5.41, 5.74) is 0.734. The minimum atomic E-state index is -0.105. The summed E-state index contributed by atoms with van der Waals surface area (Å²) in [4.78, 5) is 30.0. The van der Waals surface area contributed by atoms with Crippen LogP contribution in [0.25, 0.3) is 11.0 Å². The van der Waals surface area contributed by atoms with Gasteiger partial charge >= 0.3 is 0 Å². The fraction of sp³-hybridized carbons (Fsp3) is 0.350. The van der Waals surface area contributed by atoms with Gasteiger partial charge in [-0.15, -0.1) is 0 Å². The number of carbonyl (C=O) groups excluding carboxylic acids is 1. The van der Waals surface area contributed by atoms with Crippen molar-refractivity contribution in [2.45, 2.75) is 23.3 Å². The summed E-state index contributed by atoms with van der Waals surface area (Å²) in [7, 11) is 0. The van der Waals surface area contributed by atoms with Crippen molar-refractivity contribution in [3.8, 4) is 5.75 Å². The van der Waals surface area contributed by atoms with Gasteiger partial charge in [0, 0.05) is 30.7 Å². The Balaban J connectivity index is 1.26. The van der Waals surface area contributed by atoms with Gasteiger partial charge in [0.05, 0.1) is 10.9 Å². The number of rotatable bonds is 5. The Hall–Kier alpha value is -2.78. The fourth-order valence-corrected chi connectivity index (χ4v) is 4.36. The zero-order valence-corrected chi connectivity index (χ0v) is 16.7. The van der Waals surface area contributed by atoms with Crippen LogP contribution in [0.3, 0.4) is 0 Å². The number of H-pyrrole nitrogens is 1. The maximum Gasteiger partial charge on any atom is 0.261 e. The number of carbonyl (C=O) groups is 1. The second kappa shape index (κ2) is 7.23. The summed E-state index contributed by atoms with van der Waals surface area (Å²) in [6.07, 6.45) is 5.50. The third-order valence-corrected chi connectivity index (χ3v) is 6.28. The minimum absolute atomic E-state index is 0.0360. The van der Waals surface area contributed by atoms with Crippen molar-refractivity contribution in [1.82, 2.24) is 19.9 Å². The van der Waals surface area contributed by atoms with Gasteiger partial charge in [0.25, 0.3) is 5.91 Å². The lowest BCUT2D eigenvalue weighted by molar-refractivity contribution is -0.137. The molecule has 1 aliphatic heterocycles. The maximum atomic E-state index is 12.9. The van der Waals surface area contributed by atoms with Gasteiger partial charge in [0.15, 0.2) is 6.61 Å². The smallest absolute Gasteiger partial charge is 0.261 e. The highest BCUT2D eigenvalue weighted by Crippen LogP contribution is 2.45. The van der Waals surface area contributed by atoms with E-state index in [0.717, 1.165) is 47.7 Å². The predicted octanol–water partition coefficient (Wildman–Crippen LogP) is 2.18. The molecule has 3 aromatic rings. The lowest BCUT2D eigenvalue weighted by atomic mass is 10.1. The number of hydrogen-bond acceptors (Lipinski definition) is 7. The molecule has 5 rings (SSSR count). The van der Waals surface area contributed by atoms with Crippen molar-refractivity contribution >= 4 is 34.7 Å². The van der Waals surface area contributed by atoms with Crippen LogP contribution in [-0.2, 0) is 4.79 Å². The van der Waals surface area contributed by atoms with Gasteiger partial charge in [-0.3, -0.25) is 9.93 Å². The molecule has 1 saturated heterocycles. The van der Waals surface area contributed by atoms with Crippen LogP contribution < -0.4 is 14.8 Å². The van der Waals surface area contributed by atoms with Crippen LogP contribution in [0.5, 0.6) is 5.75 Å². The number of fused-ring (bicyclic) bond motifs is 1. The second-order valence-electron chi connectivity index (χ2n) is 7.51. The summed E-state index contributed by atoms with van der Waals surface area (Å²) in [6, 6.07) is 9.45. The molecule has 2 fully saturated rings. The lowest BCUT2D eigenvalue weighted by Gasteiger charge is -2.42. The molecule has 1 spiro atoms. The molecule has 9 heteroatoms. The first kappa shape index (κ1) is 18.3. The quantitative estimate of drug-likeness (QED) is 0.622. The molecule has 0 unspecified atom stereocenters. The number of piperazine rings is 1. The van der Waals surface area contributed by atoms with Gasteiger partial charge in [-0.1, -0.05) is 0 Å². The number of aromatic amines is 1. The predicted molar refractivity (Wildman–Crippen MR) is 112 cm³/mol. The Labute approximate surface area is 172 Å². The molecule has 150 valence electrons. The average Bonchev–Trinajstić information content (AvgIpc) is 3.34. The van der Waals surface area contributed by atoms with E-state index in [1.165, 1.54) is 11.9 Å². The number of benzene rings is 1. The Morgan fingerprint density at radius 3 is 2.79 bits per heavy atom. The standard InChI is InChI=1S/C20H22N6O2S/c21-29-15-3-1-14(2-4-15)28-11-17(27)26-10-9-25(12-20(26)6-7-20)19-16-5-8-22-18(16)23-13-24-19/h1-5,8,13H,6-7,9-12,21H2,(H,22,23,24). The van der Waals surface area contributed by atoms with E-state index in [1.54, 1.807) is 6.33 Å². The van der Waals surface area contributed by atoms with Crippen molar-refractivity contribution in [1.29, 1.82) is 0 Å². The number of nitrogens with one attached hydrogen (secondary N) is 1. The molecular weight excluding hydrogens is 388 g/mol. The molecule has 2 aliphatic rings. The Morgan fingerprint density at radius 1 is 1.21 bits per heavy atom. The normalized spacial score (nSPS) is 17.7. The molecule has 1 aromatic carbocycles. The van der Waals surface area contributed by atoms with Crippen molar-refractivity contribution in [2.75, 3.05) is 31.1 Å². The third kappa shape index (κ3) is 3.40. The molecule has 0 bridgehead atoms. The highest BCUT2D eigenvalue weighted by atomic mass is 32.2. The Morgan fingerprint density at radius 2 is 2.03 bits per heavy atom. The van der Waals surface area contributed by atoms with Crippen LogP contribution in [0.15, 0.2) is 47.8 Å². The zero-order chi connectivity index (χ0) is 19.8. The minimum Gasteiger partial charge on any atom is -0.484 e. The van der Waals surface area contributed by atoms with Crippen LogP contribution in [-0.4, -0.2) is 57.5 Å². The van der Waals surface area contributed by atoms with Gasteiger partial charge in [-0.25, -0.2) is 9.97 Å². The van der Waals surface area contributed by atoms with Gasteiger partial charge < -0.3 is 19.5 Å². The highest BCUT2D eigenvalue weighted by Gasteiger charge is 2.53. The largest absolute Gasteiger partial charge is 0.484 e.